The number of ether oxygens (including phenoxy) is 1. The third kappa shape index (κ3) is 5.45. The van der Waals surface area contributed by atoms with Crippen LogP contribution in [0.3, 0.4) is 0 Å². The van der Waals surface area contributed by atoms with Gasteiger partial charge in [0, 0.05) is 18.9 Å². The number of hydrogen-bond acceptors (Lipinski definition) is 4. The zero-order valence-electron chi connectivity index (χ0n) is 15.7. The highest BCUT2D eigenvalue weighted by molar-refractivity contribution is 7.08. The molecule has 0 saturated carbocycles. The van der Waals surface area contributed by atoms with E-state index < -0.39 is 0 Å². The first-order valence-electron chi connectivity index (χ1n) is 8.94. The third-order valence-corrected chi connectivity index (χ3v) is 4.95. The van der Waals surface area contributed by atoms with Crippen molar-refractivity contribution in [2.75, 3.05) is 32.6 Å². The van der Waals surface area contributed by atoms with Crippen LogP contribution in [0.4, 0.5) is 5.69 Å². The van der Waals surface area contributed by atoms with Gasteiger partial charge in [-0.3, -0.25) is 4.79 Å². The molecule has 0 unspecified atom stereocenters. The van der Waals surface area contributed by atoms with Gasteiger partial charge in [-0.25, -0.2) is 0 Å². The molecule has 3 aromatic rings. The van der Waals surface area contributed by atoms with Crippen molar-refractivity contribution in [3.05, 3.63) is 71.2 Å². The molecule has 0 radical (unpaired) electrons. The molecule has 1 atom stereocenters. The molecule has 142 valence electrons. The molecule has 1 N–H and O–H groups in total. The lowest BCUT2D eigenvalue weighted by atomic mass is 10.1. The number of likely N-dealkylation sites (N-methyl/N-ethyl adjacent to an activating group) is 1. The van der Waals surface area contributed by atoms with Crippen LogP contribution in [0.25, 0.3) is 0 Å². The maximum Gasteiger partial charge on any atom is 0.226 e. The summed E-state index contributed by atoms with van der Waals surface area (Å²) in [5.74, 6) is 0.657. The molecule has 0 aliphatic carbocycles. The molecule has 0 spiro atoms. The Hall–Kier alpha value is -2.57. The molecule has 1 aromatic carbocycles. The summed E-state index contributed by atoms with van der Waals surface area (Å²) in [7, 11) is 4.01. The fraction of sp³-hybridized carbons (Fsp3) is 0.286. The van der Waals surface area contributed by atoms with Gasteiger partial charge in [0.05, 0.1) is 18.2 Å². The Bertz CT molecular complexity index is 795. The highest BCUT2D eigenvalue weighted by Crippen LogP contribution is 2.27. The molecule has 5 nitrogen and oxygen atoms in total. The summed E-state index contributed by atoms with van der Waals surface area (Å²) in [5, 5.41) is 7.15. The smallest absolute Gasteiger partial charge is 0.226 e. The van der Waals surface area contributed by atoms with Crippen molar-refractivity contribution in [2.24, 2.45) is 0 Å². The first-order chi connectivity index (χ1) is 13.1. The van der Waals surface area contributed by atoms with Gasteiger partial charge in [-0.05, 0) is 60.8 Å². The fourth-order valence-corrected chi connectivity index (χ4v) is 3.53. The van der Waals surface area contributed by atoms with E-state index in [-0.39, 0.29) is 11.9 Å². The van der Waals surface area contributed by atoms with Crippen LogP contribution in [-0.2, 0) is 4.79 Å². The van der Waals surface area contributed by atoms with Gasteiger partial charge < -0.3 is 19.5 Å². The summed E-state index contributed by atoms with van der Waals surface area (Å²) >= 11 is 1.64. The molecule has 0 aliphatic heterocycles. The zero-order chi connectivity index (χ0) is 19.1. The second-order valence-electron chi connectivity index (χ2n) is 6.60. The normalized spacial score (nSPS) is 12.1. The van der Waals surface area contributed by atoms with Gasteiger partial charge >= 0.3 is 0 Å². The average Bonchev–Trinajstić information content (AvgIpc) is 3.35. The van der Waals surface area contributed by atoms with Gasteiger partial charge in [0.2, 0.25) is 5.91 Å². The predicted octanol–water partition coefficient (Wildman–Crippen LogP) is 4.11. The lowest BCUT2D eigenvalue weighted by Gasteiger charge is -2.19. The fourth-order valence-electron chi connectivity index (χ4n) is 2.83. The quantitative estimate of drug-likeness (QED) is 0.605. The van der Waals surface area contributed by atoms with Crippen molar-refractivity contribution in [1.82, 2.24) is 9.47 Å². The molecule has 2 heterocycles. The van der Waals surface area contributed by atoms with Gasteiger partial charge in [0.1, 0.15) is 12.4 Å². The van der Waals surface area contributed by atoms with Crippen molar-refractivity contribution in [3.8, 4) is 5.75 Å². The van der Waals surface area contributed by atoms with E-state index in [1.807, 2.05) is 68.3 Å². The predicted molar refractivity (Wildman–Crippen MR) is 111 cm³/mol. The van der Waals surface area contributed by atoms with Gasteiger partial charge in [-0.2, -0.15) is 11.3 Å². The van der Waals surface area contributed by atoms with E-state index in [4.69, 9.17) is 4.74 Å². The molecule has 27 heavy (non-hydrogen) atoms. The zero-order valence-corrected chi connectivity index (χ0v) is 16.5. The summed E-state index contributed by atoms with van der Waals surface area (Å²) < 4.78 is 7.91. The number of anilines is 1. The van der Waals surface area contributed by atoms with Crippen LogP contribution >= 0.6 is 11.3 Å². The van der Waals surface area contributed by atoms with Crippen molar-refractivity contribution in [3.63, 3.8) is 0 Å². The van der Waals surface area contributed by atoms with E-state index in [0.29, 0.717) is 24.5 Å². The summed E-state index contributed by atoms with van der Waals surface area (Å²) in [5.41, 5.74) is 1.85. The first-order valence-corrected chi connectivity index (χ1v) is 9.88. The van der Waals surface area contributed by atoms with Crippen LogP contribution in [0.5, 0.6) is 5.75 Å². The van der Waals surface area contributed by atoms with E-state index in [9.17, 15) is 4.79 Å². The number of nitrogens with zero attached hydrogens (tertiary/aromatic N) is 2. The number of hydrogen-bond donors (Lipinski definition) is 1. The minimum atomic E-state index is -0.0384. The molecule has 2 aromatic heterocycles. The van der Waals surface area contributed by atoms with Gasteiger partial charge in [-0.1, -0.05) is 12.1 Å². The van der Waals surface area contributed by atoms with E-state index in [2.05, 4.69) is 26.2 Å². The summed E-state index contributed by atoms with van der Waals surface area (Å²) in [6, 6.07) is 13.6. The van der Waals surface area contributed by atoms with Gasteiger partial charge in [0.25, 0.3) is 0 Å². The van der Waals surface area contributed by atoms with Crippen LogP contribution in [0, 0.1) is 0 Å². The lowest BCUT2D eigenvalue weighted by molar-refractivity contribution is -0.116. The minimum absolute atomic E-state index is 0.0203. The number of benzene rings is 1. The molecule has 6 heteroatoms. The standard InChI is InChI=1S/C21H25N3O2S/c1-23(2)12-13-26-20-8-4-3-7-18(20)22-21(25)15-19(17-9-14-27-16-17)24-10-5-6-11-24/h3-11,14,16,19H,12-13,15H2,1-2H3,(H,22,25)/t19-/m0/s1. The van der Waals surface area contributed by atoms with Crippen LogP contribution in [-0.4, -0.2) is 42.6 Å². The van der Waals surface area contributed by atoms with Gasteiger partial charge in [0.15, 0.2) is 0 Å². The monoisotopic (exact) mass is 383 g/mol. The Morgan fingerprint density at radius 3 is 2.67 bits per heavy atom. The number of para-hydroxylation sites is 2. The van der Waals surface area contributed by atoms with Crippen LogP contribution < -0.4 is 10.1 Å². The molecular formula is C21H25N3O2S. The number of rotatable bonds is 9. The highest BCUT2D eigenvalue weighted by atomic mass is 32.1. The maximum absolute atomic E-state index is 12.8. The van der Waals surface area contributed by atoms with E-state index in [1.165, 1.54) is 0 Å². The molecule has 0 saturated heterocycles. The number of carbonyl (C=O) groups excluding carboxylic acids is 1. The van der Waals surface area contributed by atoms with Gasteiger partial charge in [-0.15, -0.1) is 0 Å². The number of carbonyl (C=O) groups is 1. The molecule has 0 bridgehead atoms. The Labute approximate surface area is 164 Å². The molecule has 1 amide bonds. The van der Waals surface area contributed by atoms with Crippen molar-refractivity contribution < 1.29 is 9.53 Å². The number of nitrogens with one attached hydrogen (secondary N) is 1. The molecular weight excluding hydrogens is 358 g/mol. The lowest BCUT2D eigenvalue weighted by Crippen LogP contribution is -2.21. The number of aromatic nitrogens is 1. The van der Waals surface area contributed by atoms with Crippen molar-refractivity contribution in [1.29, 1.82) is 0 Å². The third-order valence-electron chi connectivity index (χ3n) is 4.25. The Morgan fingerprint density at radius 2 is 1.96 bits per heavy atom. The highest BCUT2D eigenvalue weighted by Gasteiger charge is 2.18. The topological polar surface area (TPSA) is 46.5 Å². The van der Waals surface area contributed by atoms with Crippen LogP contribution in [0.15, 0.2) is 65.6 Å². The molecule has 0 fully saturated rings. The Kier molecular flexibility index (Phi) is 6.68. The summed E-state index contributed by atoms with van der Waals surface area (Å²) in [6.45, 7) is 1.39. The number of amides is 1. The van der Waals surface area contributed by atoms with E-state index >= 15 is 0 Å². The second kappa shape index (κ2) is 9.39. The van der Waals surface area contributed by atoms with Crippen molar-refractivity contribution >= 4 is 22.9 Å². The molecule has 0 aliphatic rings. The Balaban J connectivity index is 1.68. The van der Waals surface area contributed by atoms with Crippen molar-refractivity contribution in [2.45, 2.75) is 12.5 Å². The van der Waals surface area contributed by atoms with E-state index in [0.717, 1.165) is 12.1 Å². The number of thiophene rings is 1. The Morgan fingerprint density at radius 1 is 1.19 bits per heavy atom. The largest absolute Gasteiger partial charge is 0.490 e. The van der Waals surface area contributed by atoms with E-state index in [1.54, 1.807) is 11.3 Å². The maximum atomic E-state index is 12.8. The average molecular weight is 384 g/mol. The SMILES string of the molecule is CN(C)CCOc1ccccc1NC(=O)C[C@@H](c1ccsc1)n1cccc1. The second-order valence-corrected chi connectivity index (χ2v) is 7.38. The van der Waals surface area contributed by atoms with Crippen LogP contribution in [0.1, 0.15) is 18.0 Å². The first kappa shape index (κ1) is 19.2. The van der Waals surface area contributed by atoms with Crippen LogP contribution in [0.2, 0.25) is 0 Å². The molecule has 3 rings (SSSR count). The minimum Gasteiger partial charge on any atom is -0.490 e. The summed E-state index contributed by atoms with van der Waals surface area (Å²) in [6.07, 6.45) is 4.35. The summed E-state index contributed by atoms with van der Waals surface area (Å²) in [4.78, 5) is 14.8.